The molecule has 0 aromatic heterocycles. The zero-order valence-corrected chi connectivity index (χ0v) is 13.9. The zero-order valence-electron chi connectivity index (χ0n) is 11.6. The lowest BCUT2D eigenvalue weighted by molar-refractivity contribution is 0.692. The first kappa shape index (κ1) is 14.6. The third-order valence-corrected chi connectivity index (χ3v) is 4.29. The summed E-state index contributed by atoms with van der Waals surface area (Å²) >= 11 is 9.69. The van der Waals surface area contributed by atoms with Gasteiger partial charge in [0.15, 0.2) is 0 Å². The van der Waals surface area contributed by atoms with Crippen molar-refractivity contribution in [1.29, 1.82) is 0 Å². The van der Waals surface area contributed by atoms with E-state index in [2.05, 4.69) is 69.8 Å². The van der Waals surface area contributed by atoms with Gasteiger partial charge in [-0.15, -0.1) is 0 Å². The summed E-state index contributed by atoms with van der Waals surface area (Å²) in [4.78, 5) is 0. The fourth-order valence-corrected chi connectivity index (χ4v) is 3.54. The maximum Gasteiger partial charge on any atom is 0.0575 e. The van der Waals surface area contributed by atoms with E-state index in [1.165, 1.54) is 16.3 Å². The summed E-state index contributed by atoms with van der Waals surface area (Å²) in [5, 5.41) is 6.61. The van der Waals surface area contributed by atoms with Crippen molar-refractivity contribution >= 4 is 38.3 Å². The van der Waals surface area contributed by atoms with Gasteiger partial charge in [0.2, 0.25) is 0 Å². The SMILES string of the molecule is CNC(c1cc(Cl)cc(Br)c1)c1ccc2ccccc2c1. The highest BCUT2D eigenvalue weighted by Gasteiger charge is 2.13. The summed E-state index contributed by atoms with van der Waals surface area (Å²) in [5.41, 5.74) is 2.37. The first-order valence-electron chi connectivity index (χ1n) is 6.79. The topological polar surface area (TPSA) is 12.0 Å². The van der Waals surface area contributed by atoms with Crippen molar-refractivity contribution in [3.63, 3.8) is 0 Å². The van der Waals surface area contributed by atoms with Crippen LogP contribution in [0.2, 0.25) is 5.02 Å². The van der Waals surface area contributed by atoms with Crippen LogP contribution in [0.15, 0.2) is 65.1 Å². The molecular formula is C18H15BrClN. The lowest BCUT2D eigenvalue weighted by Gasteiger charge is -2.18. The summed E-state index contributed by atoms with van der Waals surface area (Å²) in [7, 11) is 1.97. The first-order chi connectivity index (χ1) is 10.2. The molecule has 1 unspecified atom stereocenters. The van der Waals surface area contributed by atoms with Crippen molar-refractivity contribution in [3.05, 3.63) is 81.3 Å². The number of hydrogen-bond acceptors (Lipinski definition) is 1. The molecule has 0 fully saturated rings. The molecule has 0 aliphatic rings. The molecule has 0 aliphatic heterocycles. The van der Waals surface area contributed by atoms with Gasteiger partial charge in [-0.1, -0.05) is 63.9 Å². The van der Waals surface area contributed by atoms with Crippen molar-refractivity contribution in [2.24, 2.45) is 0 Å². The first-order valence-corrected chi connectivity index (χ1v) is 7.96. The molecule has 3 aromatic rings. The zero-order chi connectivity index (χ0) is 14.8. The highest BCUT2D eigenvalue weighted by atomic mass is 79.9. The van der Waals surface area contributed by atoms with Gasteiger partial charge < -0.3 is 5.32 Å². The predicted octanol–water partition coefficient (Wildman–Crippen LogP) is 5.56. The van der Waals surface area contributed by atoms with Gasteiger partial charge in [-0.2, -0.15) is 0 Å². The molecule has 0 heterocycles. The summed E-state index contributed by atoms with van der Waals surface area (Å²) < 4.78 is 0.992. The van der Waals surface area contributed by atoms with E-state index >= 15 is 0 Å². The summed E-state index contributed by atoms with van der Waals surface area (Å²) in [5.74, 6) is 0. The Morgan fingerprint density at radius 1 is 0.905 bits per heavy atom. The largest absolute Gasteiger partial charge is 0.309 e. The predicted molar refractivity (Wildman–Crippen MR) is 94.0 cm³/mol. The van der Waals surface area contributed by atoms with Crippen molar-refractivity contribution < 1.29 is 0 Å². The summed E-state index contributed by atoms with van der Waals surface area (Å²) in [6, 6.07) is 21.1. The minimum Gasteiger partial charge on any atom is -0.309 e. The summed E-state index contributed by atoms with van der Waals surface area (Å²) in [6.07, 6.45) is 0. The Balaban J connectivity index is 2.08. The van der Waals surface area contributed by atoms with Gasteiger partial charge in [0.1, 0.15) is 0 Å². The van der Waals surface area contributed by atoms with Crippen LogP contribution in [0.4, 0.5) is 0 Å². The van der Waals surface area contributed by atoms with Gasteiger partial charge in [-0.05, 0) is 53.2 Å². The van der Waals surface area contributed by atoms with E-state index in [1.54, 1.807) is 0 Å². The normalized spacial score (nSPS) is 12.5. The Morgan fingerprint density at radius 3 is 2.38 bits per heavy atom. The Bertz CT molecular complexity index is 765. The van der Waals surface area contributed by atoms with E-state index in [4.69, 9.17) is 11.6 Å². The van der Waals surface area contributed by atoms with Gasteiger partial charge in [-0.3, -0.25) is 0 Å². The molecular weight excluding hydrogens is 346 g/mol. The average molecular weight is 361 g/mol. The molecule has 0 amide bonds. The van der Waals surface area contributed by atoms with Gasteiger partial charge in [0.25, 0.3) is 0 Å². The van der Waals surface area contributed by atoms with Crippen LogP contribution in [0.1, 0.15) is 17.2 Å². The molecule has 3 rings (SSSR count). The van der Waals surface area contributed by atoms with E-state index < -0.39 is 0 Å². The van der Waals surface area contributed by atoms with Crippen LogP contribution in [0.3, 0.4) is 0 Å². The van der Waals surface area contributed by atoms with Gasteiger partial charge in [0.05, 0.1) is 6.04 Å². The monoisotopic (exact) mass is 359 g/mol. The van der Waals surface area contributed by atoms with Gasteiger partial charge in [0, 0.05) is 9.50 Å². The van der Waals surface area contributed by atoms with E-state index in [0.29, 0.717) is 0 Å². The molecule has 0 aliphatic carbocycles. The van der Waals surface area contributed by atoms with Crippen molar-refractivity contribution in [2.75, 3.05) is 7.05 Å². The number of benzene rings is 3. The van der Waals surface area contributed by atoms with Gasteiger partial charge in [-0.25, -0.2) is 0 Å². The number of halogens is 2. The minimum absolute atomic E-state index is 0.115. The highest BCUT2D eigenvalue weighted by molar-refractivity contribution is 9.10. The molecule has 0 saturated carbocycles. The van der Waals surface area contributed by atoms with Crippen LogP contribution in [0.5, 0.6) is 0 Å². The van der Waals surface area contributed by atoms with Crippen LogP contribution in [-0.4, -0.2) is 7.05 Å². The highest BCUT2D eigenvalue weighted by Crippen LogP contribution is 2.29. The van der Waals surface area contributed by atoms with Crippen molar-refractivity contribution in [2.45, 2.75) is 6.04 Å². The molecule has 3 heteroatoms. The van der Waals surface area contributed by atoms with E-state index in [-0.39, 0.29) is 6.04 Å². The molecule has 3 aromatic carbocycles. The Hall–Kier alpha value is -1.35. The maximum atomic E-state index is 6.18. The van der Waals surface area contributed by atoms with Gasteiger partial charge >= 0.3 is 0 Å². The third kappa shape index (κ3) is 3.13. The second kappa shape index (κ2) is 6.18. The Morgan fingerprint density at radius 2 is 1.67 bits per heavy atom. The number of hydrogen-bond donors (Lipinski definition) is 1. The Labute approximate surface area is 138 Å². The fourth-order valence-electron chi connectivity index (χ4n) is 2.65. The molecule has 21 heavy (non-hydrogen) atoms. The molecule has 0 saturated heterocycles. The van der Waals surface area contributed by atoms with E-state index in [1.807, 2.05) is 19.2 Å². The van der Waals surface area contributed by atoms with E-state index in [0.717, 1.165) is 15.1 Å². The molecule has 0 bridgehead atoms. The maximum absolute atomic E-state index is 6.18. The van der Waals surface area contributed by atoms with Crippen molar-refractivity contribution in [1.82, 2.24) is 5.32 Å². The van der Waals surface area contributed by atoms with Crippen LogP contribution in [-0.2, 0) is 0 Å². The van der Waals surface area contributed by atoms with Crippen LogP contribution < -0.4 is 5.32 Å². The standard InChI is InChI=1S/C18H15BrClN/c1-21-18(15-9-16(19)11-17(20)10-15)14-7-6-12-4-2-3-5-13(12)8-14/h2-11,18,21H,1H3. The smallest absolute Gasteiger partial charge is 0.0575 e. The van der Waals surface area contributed by atoms with Crippen molar-refractivity contribution in [3.8, 4) is 0 Å². The molecule has 1 nitrogen and oxygen atoms in total. The second-order valence-corrected chi connectivity index (χ2v) is 6.38. The van der Waals surface area contributed by atoms with Crippen LogP contribution >= 0.6 is 27.5 Å². The van der Waals surface area contributed by atoms with Crippen LogP contribution in [0.25, 0.3) is 10.8 Å². The molecule has 1 atom stereocenters. The number of fused-ring (bicyclic) bond motifs is 1. The molecule has 0 spiro atoms. The molecule has 106 valence electrons. The Kier molecular flexibility index (Phi) is 4.29. The lowest BCUT2D eigenvalue weighted by atomic mass is 9.96. The fraction of sp³-hybridized carbons (Fsp3) is 0.111. The number of rotatable bonds is 3. The van der Waals surface area contributed by atoms with E-state index in [9.17, 15) is 0 Å². The van der Waals surface area contributed by atoms with Crippen LogP contribution in [0, 0.1) is 0 Å². The summed E-state index contributed by atoms with van der Waals surface area (Å²) in [6.45, 7) is 0. The third-order valence-electron chi connectivity index (χ3n) is 3.61. The molecule has 1 N–H and O–H groups in total. The average Bonchev–Trinajstić information content (AvgIpc) is 2.47. The number of nitrogens with one attached hydrogen (secondary N) is 1. The molecule has 0 radical (unpaired) electrons. The lowest BCUT2D eigenvalue weighted by Crippen LogP contribution is -2.17. The second-order valence-electron chi connectivity index (χ2n) is 5.03. The minimum atomic E-state index is 0.115. The quantitative estimate of drug-likeness (QED) is 0.644.